The van der Waals surface area contributed by atoms with E-state index in [0.29, 0.717) is 12.2 Å². The number of aliphatic hydroxyl groups excluding tert-OH is 1. The number of hydrogen-bond acceptors (Lipinski definition) is 4. The maximum Gasteiger partial charge on any atom is 0.135 e. The van der Waals surface area contributed by atoms with Crippen molar-refractivity contribution in [3.8, 4) is 0 Å². The van der Waals surface area contributed by atoms with E-state index in [1.807, 2.05) is 23.5 Å². The fourth-order valence-corrected chi connectivity index (χ4v) is 5.36. The molecule has 2 aliphatic heterocycles. The van der Waals surface area contributed by atoms with E-state index >= 15 is 0 Å². The molecule has 0 aromatic heterocycles. The van der Waals surface area contributed by atoms with E-state index in [-0.39, 0.29) is 10.2 Å². The highest BCUT2D eigenvalue weighted by molar-refractivity contribution is 8.18. The molecule has 0 saturated carbocycles. The molecule has 1 spiro atoms. The summed E-state index contributed by atoms with van der Waals surface area (Å²) in [5.74, 6) is 2.32. The molecule has 0 aromatic carbocycles. The van der Waals surface area contributed by atoms with Crippen molar-refractivity contribution in [3.05, 3.63) is 0 Å². The predicted molar refractivity (Wildman–Crippen MR) is 57.1 cm³/mol. The minimum absolute atomic E-state index is 0.0347. The molecular weight excluding hydrogens is 204 g/mol. The molecular formula is C9H14O2S2. The average molecular weight is 218 g/mol. The molecule has 13 heavy (non-hydrogen) atoms. The highest BCUT2D eigenvalue weighted by Gasteiger charge is 2.40. The Morgan fingerprint density at radius 1 is 1.38 bits per heavy atom. The fourth-order valence-electron chi connectivity index (χ4n) is 1.92. The Morgan fingerprint density at radius 2 is 2.15 bits per heavy atom. The standard InChI is InChI=1S/C9H14O2S2/c10-7-1-3-12-9(5-7)6-8(11)2-4-13-9/h7,10H,1-6H2/t7-,9-/m1/s1. The fraction of sp³-hybridized carbons (Fsp3) is 0.889. The number of ketones is 1. The minimum Gasteiger partial charge on any atom is -0.393 e. The van der Waals surface area contributed by atoms with E-state index in [4.69, 9.17) is 0 Å². The third-order valence-corrected chi connectivity index (χ3v) is 5.80. The second-order valence-electron chi connectivity index (χ2n) is 3.72. The lowest BCUT2D eigenvalue weighted by molar-refractivity contribution is -0.119. The maximum absolute atomic E-state index is 11.3. The summed E-state index contributed by atoms with van der Waals surface area (Å²) in [7, 11) is 0. The molecule has 2 aliphatic rings. The average Bonchev–Trinajstić information content (AvgIpc) is 2.02. The number of hydrogen-bond donors (Lipinski definition) is 1. The first kappa shape index (κ1) is 9.87. The van der Waals surface area contributed by atoms with Crippen LogP contribution in [0.2, 0.25) is 0 Å². The summed E-state index contributed by atoms with van der Waals surface area (Å²) in [5.41, 5.74) is 0. The SMILES string of the molecule is O=C1CCS[C@@]2(C1)C[C@H](O)CCS2. The Balaban J connectivity index is 2.04. The molecule has 2 fully saturated rings. The van der Waals surface area contributed by atoms with Gasteiger partial charge < -0.3 is 5.11 Å². The molecule has 0 radical (unpaired) electrons. The molecule has 0 aromatic rings. The van der Waals surface area contributed by atoms with Crippen LogP contribution < -0.4 is 0 Å². The second kappa shape index (κ2) is 3.83. The molecule has 4 heteroatoms. The number of carbonyl (C=O) groups excluding carboxylic acids is 1. The lowest BCUT2D eigenvalue weighted by atomic mass is 10.0. The Hall–Kier alpha value is 0.330. The molecule has 2 heterocycles. The molecule has 0 aliphatic carbocycles. The van der Waals surface area contributed by atoms with E-state index in [1.165, 1.54) is 0 Å². The van der Waals surface area contributed by atoms with Crippen LogP contribution in [0.1, 0.15) is 25.7 Å². The van der Waals surface area contributed by atoms with Crippen molar-refractivity contribution in [1.82, 2.24) is 0 Å². The van der Waals surface area contributed by atoms with Crippen molar-refractivity contribution in [2.24, 2.45) is 0 Å². The number of thioether (sulfide) groups is 2. The third-order valence-electron chi connectivity index (χ3n) is 2.58. The lowest BCUT2D eigenvalue weighted by Crippen LogP contribution is -2.37. The van der Waals surface area contributed by atoms with Gasteiger partial charge in [-0.25, -0.2) is 0 Å². The van der Waals surface area contributed by atoms with Crippen LogP contribution in [0.3, 0.4) is 0 Å². The normalized spacial score (nSPS) is 41.0. The van der Waals surface area contributed by atoms with Gasteiger partial charge in [0.1, 0.15) is 5.78 Å². The Labute approximate surface area is 86.8 Å². The predicted octanol–water partition coefficient (Wildman–Crippen LogP) is 1.67. The Kier molecular flexibility index (Phi) is 2.91. The van der Waals surface area contributed by atoms with Crippen LogP contribution in [0.4, 0.5) is 0 Å². The second-order valence-corrected chi connectivity index (χ2v) is 6.93. The van der Waals surface area contributed by atoms with Crippen LogP contribution in [0.25, 0.3) is 0 Å². The minimum atomic E-state index is -0.181. The summed E-state index contributed by atoms with van der Waals surface area (Å²) in [5, 5.41) is 9.57. The number of carbonyl (C=O) groups is 1. The van der Waals surface area contributed by atoms with Crippen LogP contribution in [0, 0.1) is 0 Å². The van der Waals surface area contributed by atoms with Gasteiger partial charge in [-0.1, -0.05) is 0 Å². The quantitative estimate of drug-likeness (QED) is 0.671. The summed E-state index contributed by atoms with van der Waals surface area (Å²) < 4.78 is 0.0347. The van der Waals surface area contributed by atoms with Gasteiger partial charge in [0.2, 0.25) is 0 Å². The maximum atomic E-state index is 11.3. The first-order chi connectivity index (χ1) is 6.20. The van der Waals surface area contributed by atoms with Crippen molar-refractivity contribution >= 4 is 29.3 Å². The summed E-state index contributed by atoms with van der Waals surface area (Å²) in [6, 6.07) is 0. The summed E-state index contributed by atoms with van der Waals surface area (Å²) in [4.78, 5) is 11.3. The monoisotopic (exact) mass is 218 g/mol. The van der Waals surface area contributed by atoms with Crippen molar-refractivity contribution in [3.63, 3.8) is 0 Å². The van der Waals surface area contributed by atoms with Gasteiger partial charge in [-0.05, 0) is 18.6 Å². The summed E-state index contributed by atoms with van der Waals surface area (Å²) in [6.45, 7) is 0. The van der Waals surface area contributed by atoms with Gasteiger partial charge in [0.15, 0.2) is 0 Å². The van der Waals surface area contributed by atoms with Gasteiger partial charge in [-0.2, -0.15) is 0 Å². The van der Waals surface area contributed by atoms with E-state index in [9.17, 15) is 9.90 Å². The number of Topliss-reactive ketones (excluding diaryl/α,β-unsaturated/α-hetero) is 1. The molecule has 2 rings (SSSR count). The van der Waals surface area contributed by atoms with Crippen molar-refractivity contribution in [1.29, 1.82) is 0 Å². The molecule has 2 saturated heterocycles. The number of aliphatic hydroxyl groups is 1. The summed E-state index contributed by atoms with van der Waals surface area (Å²) >= 11 is 3.75. The van der Waals surface area contributed by atoms with Gasteiger partial charge in [0, 0.05) is 18.6 Å². The summed E-state index contributed by atoms with van der Waals surface area (Å²) in [6.07, 6.45) is 2.90. The molecule has 0 unspecified atom stereocenters. The van der Waals surface area contributed by atoms with Crippen LogP contribution in [0.5, 0.6) is 0 Å². The van der Waals surface area contributed by atoms with Crippen molar-refractivity contribution in [2.45, 2.75) is 35.9 Å². The van der Waals surface area contributed by atoms with E-state index in [2.05, 4.69) is 0 Å². The topological polar surface area (TPSA) is 37.3 Å². The molecule has 2 atom stereocenters. The van der Waals surface area contributed by atoms with Crippen molar-refractivity contribution < 1.29 is 9.90 Å². The molecule has 0 bridgehead atoms. The molecule has 0 amide bonds. The Morgan fingerprint density at radius 3 is 2.85 bits per heavy atom. The van der Waals surface area contributed by atoms with E-state index < -0.39 is 0 Å². The zero-order valence-electron chi connectivity index (χ0n) is 7.49. The largest absolute Gasteiger partial charge is 0.393 e. The van der Waals surface area contributed by atoms with Gasteiger partial charge >= 0.3 is 0 Å². The highest BCUT2D eigenvalue weighted by Crippen LogP contribution is 2.50. The van der Waals surface area contributed by atoms with E-state index in [0.717, 1.165) is 30.8 Å². The van der Waals surface area contributed by atoms with Crippen LogP contribution in [-0.2, 0) is 4.79 Å². The van der Waals surface area contributed by atoms with Crippen LogP contribution in [0.15, 0.2) is 0 Å². The molecule has 74 valence electrons. The van der Waals surface area contributed by atoms with Gasteiger partial charge in [-0.15, -0.1) is 23.5 Å². The zero-order chi connectivity index (χ0) is 9.31. The smallest absolute Gasteiger partial charge is 0.135 e. The Bertz CT molecular complexity index is 216. The molecule has 2 nitrogen and oxygen atoms in total. The third kappa shape index (κ3) is 2.22. The first-order valence-electron chi connectivity index (χ1n) is 4.68. The number of rotatable bonds is 0. The lowest BCUT2D eigenvalue weighted by Gasteiger charge is -2.40. The van der Waals surface area contributed by atoms with Crippen molar-refractivity contribution in [2.75, 3.05) is 11.5 Å². The zero-order valence-corrected chi connectivity index (χ0v) is 9.12. The van der Waals surface area contributed by atoms with Crippen LogP contribution >= 0.6 is 23.5 Å². The molecule has 1 N–H and O–H groups in total. The van der Waals surface area contributed by atoms with Crippen LogP contribution in [-0.4, -0.2) is 32.6 Å². The van der Waals surface area contributed by atoms with Gasteiger partial charge in [0.05, 0.1) is 10.2 Å². The first-order valence-corrected chi connectivity index (χ1v) is 6.65. The van der Waals surface area contributed by atoms with Gasteiger partial charge in [-0.3, -0.25) is 4.79 Å². The van der Waals surface area contributed by atoms with Gasteiger partial charge in [0.25, 0.3) is 0 Å². The highest BCUT2D eigenvalue weighted by atomic mass is 32.2. The van der Waals surface area contributed by atoms with E-state index in [1.54, 1.807) is 0 Å².